The van der Waals surface area contributed by atoms with E-state index in [0.29, 0.717) is 40.7 Å². The Balaban J connectivity index is 1.62. The monoisotopic (exact) mass is 464 g/mol. The van der Waals surface area contributed by atoms with Gasteiger partial charge >= 0.3 is 0 Å². The number of halogens is 1. The molecular weight excluding hydrogens is 439 g/mol. The number of carbonyl (C=O) groups is 1. The molecule has 7 nitrogen and oxygen atoms in total. The molecule has 0 unspecified atom stereocenters. The van der Waals surface area contributed by atoms with E-state index < -0.39 is 5.91 Å². The number of benzene rings is 3. The molecule has 34 heavy (non-hydrogen) atoms. The Bertz CT molecular complexity index is 1160. The zero-order valence-corrected chi connectivity index (χ0v) is 18.9. The highest BCUT2D eigenvalue weighted by molar-refractivity contribution is 5.95. The maximum Gasteiger partial charge on any atom is 0.271 e. The van der Waals surface area contributed by atoms with E-state index in [2.05, 4.69) is 17.1 Å². The van der Waals surface area contributed by atoms with Crippen LogP contribution >= 0.6 is 0 Å². The van der Waals surface area contributed by atoms with Gasteiger partial charge in [0.15, 0.2) is 23.0 Å². The number of ether oxygens (including phenoxy) is 4. The third-order valence-corrected chi connectivity index (χ3v) is 4.66. The summed E-state index contributed by atoms with van der Waals surface area (Å²) >= 11 is 0. The third-order valence-electron chi connectivity index (χ3n) is 4.66. The maximum absolute atomic E-state index is 13.0. The van der Waals surface area contributed by atoms with Crippen LogP contribution in [-0.4, -0.2) is 32.9 Å². The van der Waals surface area contributed by atoms with Gasteiger partial charge in [0.1, 0.15) is 19.0 Å². The molecule has 0 aliphatic heterocycles. The number of carbonyl (C=O) groups excluding carboxylic acids is 1. The Morgan fingerprint density at radius 2 is 1.62 bits per heavy atom. The van der Waals surface area contributed by atoms with Gasteiger partial charge in [-0.25, -0.2) is 9.82 Å². The van der Waals surface area contributed by atoms with Gasteiger partial charge in [-0.15, -0.1) is 0 Å². The van der Waals surface area contributed by atoms with Crippen LogP contribution in [0.4, 0.5) is 4.39 Å². The fourth-order valence-electron chi connectivity index (χ4n) is 2.93. The molecule has 1 amide bonds. The lowest BCUT2D eigenvalue weighted by Gasteiger charge is -2.11. The van der Waals surface area contributed by atoms with Crippen LogP contribution in [0.25, 0.3) is 0 Å². The molecule has 3 aromatic carbocycles. The van der Waals surface area contributed by atoms with Crippen LogP contribution in [-0.2, 0) is 6.61 Å². The molecule has 0 aliphatic rings. The SMILES string of the molecule is C=CCOc1ccc(C(=O)N/N=C/c2ccc(OCc3ccc(F)cc3)c(OC)c2)cc1OC. The molecular formula is C26H25FN2O5. The fraction of sp³-hybridized carbons (Fsp3) is 0.154. The second-order valence-corrected chi connectivity index (χ2v) is 6.99. The van der Waals surface area contributed by atoms with Crippen LogP contribution in [0.5, 0.6) is 23.0 Å². The van der Waals surface area contributed by atoms with Crippen LogP contribution in [0.1, 0.15) is 21.5 Å². The number of methoxy groups -OCH3 is 2. The Hall–Kier alpha value is -4.33. The van der Waals surface area contributed by atoms with Crippen LogP contribution in [0.2, 0.25) is 0 Å². The first-order valence-corrected chi connectivity index (χ1v) is 10.3. The third kappa shape index (κ3) is 6.59. The van der Waals surface area contributed by atoms with Crippen molar-refractivity contribution in [3.8, 4) is 23.0 Å². The molecule has 3 rings (SSSR count). The van der Waals surface area contributed by atoms with Gasteiger partial charge in [0.05, 0.1) is 20.4 Å². The summed E-state index contributed by atoms with van der Waals surface area (Å²) in [7, 11) is 3.02. The first kappa shape index (κ1) is 24.3. The summed E-state index contributed by atoms with van der Waals surface area (Å²) in [5, 5.41) is 4.01. The Kier molecular flexibility index (Phi) is 8.62. The molecule has 1 N–H and O–H groups in total. The molecule has 3 aromatic rings. The average molecular weight is 464 g/mol. The van der Waals surface area contributed by atoms with Crippen molar-refractivity contribution in [3.05, 3.63) is 95.8 Å². The molecule has 8 heteroatoms. The molecule has 0 bridgehead atoms. The van der Waals surface area contributed by atoms with Crippen molar-refractivity contribution >= 4 is 12.1 Å². The van der Waals surface area contributed by atoms with E-state index >= 15 is 0 Å². The van der Waals surface area contributed by atoms with Crippen molar-refractivity contribution in [2.45, 2.75) is 6.61 Å². The Morgan fingerprint density at radius 1 is 0.941 bits per heavy atom. The Labute approximate surface area is 197 Å². The van der Waals surface area contributed by atoms with Crippen molar-refractivity contribution in [2.75, 3.05) is 20.8 Å². The largest absolute Gasteiger partial charge is 0.493 e. The van der Waals surface area contributed by atoms with Crippen molar-refractivity contribution in [2.24, 2.45) is 5.10 Å². The Morgan fingerprint density at radius 3 is 2.32 bits per heavy atom. The van der Waals surface area contributed by atoms with E-state index in [1.165, 1.54) is 32.6 Å². The quantitative estimate of drug-likeness (QED) is 0.252. The topological polar surface area (TPSA) is 78.4 Å². The van der Waals surface area contributed by atoms with Crippen molar-refractivity contribution in [3.63, 3.8) is 0 Å². The minimum atomic E-state index is -0.406. The molecule has 0 saturated heterocycles. The fourth-order valence-corrected chi connectivity index (χ4v) is 2.93. The number of nitrogens with one attached hydrogen (secondary N) is 1. The number of hydrazone groups is 1. The number of amides is 1. The summed E-state index contributed by atoms with van der Waals surface area (Å²) in [5.41, 5.74) is 4.36. The van der Waals surface area contributed by atoms with E-state index in [1.807, 2.05) is 0 Å². The smallest absolute Gasteiger partial charge is 0.271 e. The number of hydrogen-bond donors (Lipinski definition) is 1. The first-order valence-electron chi connectivity index (χ1n) is 10.3. The number of hydrogen-bond acceptors (Lipinski definition) is 6. The minimum Gasteiger partial charge on any atom is -0.493 e. The van der Waals surface area contributed by atoms with E-state index in [0.717, 1.165) is 5.56 Å². The highest BCUT2D eigenvalue weighted by Gasteiger charge is 2.11. The molecule has 176 valence electrons. The van der Waals surface area contributed by atoms with Crippen molar-refractivity contribution in [1.29, 1.82) is 0 Å². The lowest BCUT2D eigenvalue weighted by molar-refractivity contribution is 0.0954. The number of rotatable bonds is 11. The predicted molar refractivity (Wildman–Crippen MR) is 127 cm³/mol. The van der Waals surface area contributed by atoms with Gasteiger partial charge in [0, 0.05) is 5.56 Å². The van der Waals surface area contributed by atoms with Gasteiger partial charge in [-0.05, 0) is 59.7 Å². The van der Waals surface area contributed by atoms with E-state index in [-0.39, 0.29) is 12.4 Å². The molecule has 0 aromatic heterocycles. The van der Waals surface area contributed by atoms with E-state index in [9.17, 15) is 9.18 Å². The zero-order chi connectivity index (χ0) is 24.3. The van der Waals surface area contributed by atoms with Gasteiger partial charge < -0.3 is 18.9 Å². The van der Waals surface area contributed by atoms with Crippen LogP contribution in [0, 0.1) is 5.82 Å². The van der Waals surface area contributed by atoms with Crippen LogP contribution < -0.4 is 24.4 Å². The van der Waals surface area contributed by atoms with Crippen molar-refractivity contribution < 1.29 is 28.1 Å². The standard InChI is InChI=1S/C26H25FN2O5/c1-4-13-33-22-12-8-20(15-25(22)32-3)26(30)29-28-16-19-7-11-23(24(14-19)31-2)34-17-18-5-9-21(27)10-6-18/h4-12,14-16H,1,13,17H2,2-3H3,(H,29,30)/b28-16+. The summed E-state index contributed by atoms with van der Waals surface area (Å²) in [5.74, 6) is 1.26. The van der Waals surface area contributed by atoms with Gasteiger partial charge in [-0.3, -0.25) is 4.79 Å². The first-order chi connectivity index (χ1) is 16.5. The molecule has 0 spiro atoms. The average Bonchev–Trinajstić information content (AvgIpc) is 2.87. The molecule has 0 atom stereocenters. The van der Waals surface area contributed by atoms with Gasteiger partial charge in [0.25, 0.3) is 5.91 Å². The molecule has 0 saturated carbocycles. The summed E-state index contributed by atoms with van der Waals surface area (Å²) < 4.78 is 35.0. The second-order valence-electron chi connectivity index (χ2n) is 6.99. The van der Waals surface area contributed by atoms with E-state index in [4.69, 9.17) is 18.9 Å². The summed E-state index contributed by atoms with van der Waals surface area (Å²) in [6, 6.07) is 16.1. The van der Waals surface area contributed by atoms with Crippen LogP contribution in [0.15, 0.2) is 78.4 Å². The van der Waals surface area contributed by atoms with E-state index in [1.54, 1.807) is 54.6 Å². The summed E-state index contributed by atoms with van der Waals surface area (Å²) in [6.07, 6.45) is 3.11. The highest BCUT2D eigenvalue weighted by atomic mass is 19.1. The maximum atomic E-state index is 13.0. The lowest BCUT2D eigenvalue weighted by atomic mass is 10.2. The zero-order valence-electron chi connectivity index (χ0n) is 18.9. The molecule has 0 radical (unpaired) electrons. The van der Waals surface area contributed by atoms with Gasteiger partial charge in [-0.1, -0.05) is 24.8 Å². The lowest BCUT2D eigenvalue weighted by Crippen LogP contribution is -2.17. The number of nitrogens with zero attached hydrogens (tertiary/aromatic N) is 1. The van der Waals surface area contributed by atoms with Crippen molar-refractivity contribution in [1.82, 2.24) is 5.43 Å². The summed E-state index contributed by atoms with van der Waals surface area (Å²) in [6.45, 7) is 4.19. The predicted octanol–water partition coefficient (Wildman–Crippen LogP) is 4.75. The molecule has 0 heterocycles. The van der Waals surface area contributed by atoms with Gasteiger partial charge in [-0.2, -0.15) is 5.10 Å². The molecule has 0 aliphatic carbocycles. The second kappa shape index (κ2) is 12.1. The summed E-state index contributed by atoms with van der Waals surface area (Å²) in [4.78, 5) is 12.4. The highest BCUT2D eigenvalue weighted by Crippen LogP contribution is 2.29. The minimum absolute atomic E-state index is 0.265. The van der Waals surface area contributed by atoms with Gasteiger partial charge in [0.2, 0.25) is 0 Å². The molecule has 0 fully saturated rings. The van der Waals surface area contributed by atoms with Crippen LogP contribution in [0.3, 0.4) is 0 Å². The normalized spacial score (nSPS) is 10.6.